The molecule has 1 aliphatic heterocycles. The Labute approximate surface area is 124 Å². The van der Waals surface area contributed by atoms with Crippen molar-refractivity contribution in [2.45, 2.75) is 10.9 Å². The van der Waals surface area contributed by atoms with Crippen LogP contribution < -0.4 is 15.4 Å². The van der Waals surface area contributed by atoms with Crippen LogP contribution in [0.5, 0.6) is 0 Å². The van der Waals surface area contributed by atoms with E-state index in [1.165, 1.54) is 19.2 Å². The molecule has 0 bridgehead atoms. The molecule has 0 aliphatic carbocycles. The summed E-state index contributed by atoms with van der Waals surface area (Å²) < 4.78 is 31.0. The zero-order valence-electron chi connectivity index (χ0n) is 11.9. The number of hydrogen-bond donors (Lipinski definition) is 3. The second-order valence-electron chi connectivity index (χ2n) is 4.76. The van der Waals surface area contributed by atoms with Gasteiger partial charge in [-0.15, -0.1) is 0 Å². The summed E-state index contributed by atoms with van der Waals surface area (Å²) in [5.74, 6) is -0.481. The van der Waals surface area contributed by atoms with Crippen molar-refractivity contribution in [3.05, 3.63) is 24.3 Å². The quantitative estimate of drug-likeness (QED) is 0.698. The number of amides is 1. The lowest BCUT2D eigenvalue weighted by atomic mass is 10.0. The highest BCUT2D eigenvalue weighted by molar-refractivity contribution is 7.89. The van der Waals surface area contributed by atoms with Crippen LogP contribution in [0.25, 0.3) is 0 Å². The van der Waals surface area contributed by atoms with Gasteiger partial charge < -0.3 is 15.4 Å². The minimum absolute atomic E-state index is 0.0331. The summed E-state index contributed by atoms with van der Waals surface area (Å²) >= 11 is 0. The minimum Gasteiger partial charge on any atom is -0.379 e. The standard InChI is InChI=1S/C13H19N3O4S/c1-14-12-8-20-7-11(12)13(17)16-9-4-3-5-10(6-9)21(18,19)15-2/h3-6,11-12,14-15H,7-8H2,1-2H3,(H,16,17). The molecule has 1 heterocycles. The average Bonchev–Trinajstić information content (AvgIpc) is 2.96. The summed E-state index contributed by atoms with van der Waals surface area (Å²) in [6.07, 6.45) is 0. The zero-order valence-corrected chi connectivity index (χ0v) is 12.7. The van der Waals surface area contributed by atoms with Gasteiger partial charge in [-0.05, 0) is 32.3 Å². The van der Waals surface area contributed by atoms with Gasteiger partial charge in [0.1, 0.15) is 0 Å². The van der Waals surface area contributed by atoms with E-state index in [4.69, 9.17) is 4.74 Å². The van der Waals surface area contributed by atoms with Gasteiger partial charge in [-0.25, -0.2) is 13.1 Å². The molecule has 116 valence electrons. The third-order valence-corrected chi connectivity index (χ3v) is 4.88. The van der Waals surface area contributed by atoms with E-state index in [1.807, 2.05) is 0 Å². The second kappa shape index (κ2) is 6.52. The van der Waals surface area contributed by atoms with E-state index in [9.17, 15) is 13.2 Å². The van der Waals surface area contributed by atoms with E-state index >= 15 is 0 Å². The van der Waals surface area contributed by atoms with Gasteiger partial charge in [0.25, 0.3) is 0 Å². The molecule has 0 saturated carbocycles. The molecule has 3 N–H and O–H groups in total. The topological polar surface area (TPSA) is 96.5 Å². The Morgan fingerprint density at radius 3 is 2.71 bits per heavy atom. The van der Waals surface area contributed by atoms with Crippen molar-refractivity contribution in [2.75, 3.05) is 32.6 Å². The van der Waals surface area contributed by atoms with Crippen molar-refractivity contribution in [1.82, 2.24) is 10.0 Å². The number of hydrogen-bond acceptors (Lipinski definition) is 5. The fraction of sp³-hybridized carbons (Fsp3) is 0.462. The highest BCUT2D eigenvalue weighted by Gasteiger charge is 2.33. The van der Waals surface area contributed by atoms with E-state index < -0.39 is 10.0 Å². The summed E-state index contributed by atoms with van der Waals surface area (Å²) in [5, 5.41) is 5.77. The Balaban J connectivity index is 2.13. The molecule has 0 aromatic heterocycles. The number of sulfonamides is 1. The van der Waals surface area contributed by atoms with Crippen molar-refractivity contribution in [2.24, 2.45) is 5.92 Å². The zero-order chi connectivity index (χ0) is 15.5. The Morgan fingerprint density at radius 1 is 1.29 bits per heavy atom. The molecule has 1 fully saturated rings. The smallest absolute Gasteiger partial charge is 0.240 e. The summed E-state index contributed by atoms with van der Waals surface area (Å²) in [4.78, 5) is 12.3. The fourth-order valence-electron chi connectivity index (χ4n) is 2.19. The maximum Gasteiger partial charge on any atom is 0.240 e. The molecule has 1 aromatic rings. The second-order valence-corrected chi connectivity index (χ2v) is 6.65. The lowest BCUT2D eigenvalue weighted by Crippen LogP contribution is -2.39. The van der Waals surface area contributed by atoms with Gasteiger partial charge in [-0.3, -0.25) is 4.79 Å². The first-order valence-electron chi connectivity index (χ1n) is 6.57. The third kappa shape index (κ3) is 3.59. The predicted octanol–water partition coefficient (Wildman–Crippen LogP) is -0.232. The van der Waals surface area contributed by atoms with E-state index in [-0.39, 0.29) is 22.8 Å². The average molecular weight is 313 g/mol. The van der Waals surface area contributed by atoms with E-state index in [0.717, 1.165) is 0 Å². The Morgan fingerprint density at radius 2 is 2.05 bits per heavy atom. The summed E-state index contributed by atoms with van der Waals surface area (Å²) in [5.41, 5.74) is 0.443. The van der Waals surface area contributed by atoms with Gasteiger partial charge in [0, 0.05) is 11.7 Å². The maximum absolute atomic E-state index is 12.2. The predicted molar refractivity (Wildman–Crippen MR) is 78.5 cm³/mol. The molecule has 0 radical (unpaired) electrons. The molecular formula is C13H19N3O4S. The van der Waals surface area contributed by atoms with Crippen LogP contribution in [-0.2, 0) is 19.6 Å². The van der Waals surface area contributed by atoms with Gasteiger partial charge in [-0.1, -0.05) is 6.07 Å². The number of carbonyl (C=O) groups excluding carboxylic acids is 1. The normalized spacial score (nSPS) is 22.2. The Hall–Kier alpha value is -1.48. The van der Waals surface area contributed by atoms with Crippen LogP contribution in [0.3, 0.4) is 0 Å². The molecule has 2 atom stereocenters. The number of rotatable bonds is 5. The fourth-order valence-corrected chi connectivity index (χ4v) is 2.97. The van der Waals surface area contributed by atoms with Gasteiger partial charge >= 0.3 is 0 Å². The Bertz CT molecular complexity index is 618. The molecule has 1 saturated heterocycles. The van der Waals surface area contributed by atoms with E-state index in [0.29, 0.717) is 18.9 Å². The van der Waals surface area contributed by atoms with Crippen molar-refractivity contribution in [1.29, 1.82) is 0 Å². The molecule has 1 amide bonds. The highest BCUT2D eigenvalue weighted by atomic mass is 32.2. The van der Waals surface area contributed by atoms with Crippen LogP contribution in [0.15, 0.2) is 29.2 Å². The van der Waals surface area contributed by atoms with Crippen molar-refractivity contribution in [3.8, 4) is 0 Å². The number of ether oxygens (including phenoxy) is 1. The summed E-state index contributed by atoms with van der Waals surface area (Å²) in [7, 11) is -0.411. The number of likely N-dealkylation sites (N-methyl/N-ethyl adjacent to an activating group) is 1. The molecule has 21 heavy (non-hydrogen) atoms. The van der Waals surface area contributed by atoms with Crippen LogP contribution in [-0.4, -0.2) is 47.7 Å². The molecule has 1 aliphatic rings. The van der Waals surface area contributed by atoms with Gasteiger partial charge in [-0.2, -0.15) is 0 Å². The minimum atomic E-state index is -3.53. The first kappa shape index (κ1) is 15.9. The third-order valence-electron chi connectivity index (χ3n) is 3.47. The van der Waals surface area contributed by atoms with Gasteiger partial charge in [0.05, 0.1) is 24.0 Å². The molecule has 1 aromatic carbocycles. The molecular weight excluding hydrogens is 294 g/mol. The van der Waals surface area contributed by atoms with E-state index in [2.05, 4.69) is 15.4 Å². The largest absolute Gasteiger partial charge is 0.379 e. The van der Waals surface area contributed by atoms with Crippen LogP contribution in [0, 0.1) is 5.92 Å². The Kier molecular flexibility index (Phi) is 4.94. The highest BCUT2D eigenvalue weighted by Crippen LogP contribution is 2.19. The number of carbonyl (C=O) groups is 1. The monoisotopic (exact) mass is 313 g/mol. The van der Waals surface area contributed by atoms with Crippen molar-refractivity contribution >= 4 is 21.6 Å². The first-order valence-corrected chi connectivity index (χ1v) is 8.05. The lowest BCUT2D eigenvalue weighted by molar-refractivity contribution is -0.120. The maximum atomic E-state index is 12.2. The number of nitrogens with one attached hydrogen (secondary N) is 3. The number of benzene rings is 1. The molecule has 0 spiro atoms. The van der Waals surface area contributed by atoms with Crippen LogP contribution >= 0.6 is 0 Å². The van der Waals surface area contributed by atoms with Crippen LogP contribution in [0.2, 0.25) is 0 Å². The molecule has 2 rings (SSSR count). The SMILES string of the molecule is CNC1COCC1C(=O)Nc1cccc(S(=O)(=O)NC)c1. The van der Waals surface area contributed by atoms with Gasteiger partial charge in [0.15, 0.2) is 0 Å². The molecule has 7 nitrogen and oxygen atoms in total. The molecule has 8 heteroatoms. The van der Waals surface area contributed by atoms with Crippen LogP contribution in [0.1, 0.15) is 0 Å². The summed E-state index contributed by atoms with van der Waals surface area (Å²) in [6.45, 7) is 0.842. The van der Waals surface area contributed by atoms with Crippen LogP contribution in [0.4, 0.5) is 5.69 Å². The summed E-state index contributed by atoms with van der Waals surface area (Å²) in [6, 6.07) is 6.09. The molecule has 2 unspecified atom stereocenters. The lowest BCUT2D eigenvalue weighted by Gasteiger charge is -2.16. The van der Waals surface area contributed by atoms with Crippen molar-refractivity contribution < 1.29 is 17.9 Å². The van der Waals surface area contributed by atoms with Crippen molar-refractivity contribution in [3.63, 3.8) is 0 Å². The first-order chi connectivity index (χ1) is 9.97. The van der Waals surface area contributed by atoms with Gasteiger partial charge in [0.2, 0.25) is 15.9 Å². The number of anilines is 1. The van der Waals surface area contributed by atoms with E-state index in [1.54, 1.807) is 19.2 Å².